The number of amides is 1. The van der Waals surface area contributed by atoms with Crippen molar-refractivity contribution >= 4 is 5.91 Å². The normalized spacial score (nSPS) is 14.9. The second kappa shape index (κ2) is 7.75. The van der Waals surface area contributed by atoms with Crippen LogP contribution in [0.15, 0.2) is 42.9 Å². The molecule has 0 bridgehead atoms. The van der Waals surface area contributed by atoms with Crippen LogP contribution in [0, 0.1) is 12.7 Å². The Morgan fingerprint density at radius 2 is 1.96 bits per heavy atom. The Labute approximate surface area is 161 Å². The number of likely N-dealkylation sites (tertiary alicyclic amines) is 1. The number of carbonyl (C=O) groups is 1. The maximum absolute atomic E-state index is 13.9. The Kier molecular flexibility index (Phi) is 5.01. The summed E-state index contributed by atoms with van der Waals surface area (Å²) >= 11 is 0. The molecule has 8 heteroatoms. The minimum atomic E-state index is -0.449. The number of halogens is 1. The molecule has 0 unspecified atom stereocenters. The molecule has 3 aromatic rings. The maximum atomic E-state index is 13.9. The van der Waals surface area contributed by atoms with Gasteiger partial charge in [-0.1, -0.05) is 12.1 Å². The van der Waals surface area contributed by atoms with Gasteiger partial charge in [0.25, 0.3) is 5.91 Å². The number of hydrogen-bond donors (Lipinski definition) is 1. The molecule has 1 saturated heterocycles. The summed E-state index contributed by atoms with van der Waals surface area (Å²) < 4.78 is 19.6. The number of para-hydroxylation sites is 1. The number of ether oxygens (including phenoxy) is 1. The van der Waals surface area contributed by atoms with Crippen molar-refractivity contribution in [1.29, 1.82) is 0 Å². The first-order valence-electron chi connectivity index (χ1n) is 9.16. The van der Waals surface area contributed by atoms with Crippen molar-refractivity contribution in [1.82, 2.24) is 25.1 Å². The van der Waals surface area contributed by atoms with Crippen LogP contribution in [0.2, 0.25) is 0 Å². The number of piperidine rings is 1. The van der Waals surface area contributed by atoms with Gasteiger partial charge < -0.3 is 9.64 Å². The molecular formula is C20H20FN5O2. The minimum absolute atomic E-state index is 0.0216. The molecule has 0 atom stereocenters. The van der Waals surface area contributed by atoms with E-state index in [0.29, 0.717) is 30.2 Å². The fourth-order valence-electron chi connectivity index (χ4n) is 3.42. The van der Waals surface area contributed by atoms with Crippen molar-refractivity contribution < 1.29 is 13.9 Å². The van der Waals surface area contributed by atoms with Crippen LogP contribution < -0.4 is 4.74 Å². The lowest BCUT2D eigenvalue weighted by molar-refractivity contribution is 0.0711. The molecule has 0 aliphatic carbocycles. The number of benzene rings is 1. The molecule has 0 saturated carbocycles. The number of H-pyrrole nitrogens is 1. The molecule has 0 radical (unpaired) electrons. The first kappa shape index (κ1) is 18.1. The number of aromatic amines is 1. The maximum Gasteiger partial charge on any atom is 0.257 e. The highest BCUT2D eigenvalue weighted by atomic mass is 19.1. The largest absolute Gasteiger partial charge is 0.434 e. The number of nitrogens with zero attached hydrogens (tertiary/aromatic N) is 4. The van der Waals surface area contributed by atoms with Crippen LogP contribution in [0.1, 0.15) is 40.5 Å². The molecule has 1 N–H and O–H groups in total. The van der Waals surface area contributed by atoms with E-state index in [0.717, 1.165) is 18.5 Å². The monoisotopic (exact) mass is 381 g/mol. The number of hydrogen-bond acceptors (Lipinski definition) is 5. The number of rotatable bonds is 4. The van der Waals surface area contributed by atoms with Crippen LogP contribution in [-0.2, 0) is 0 Å². The van der Waals surface area contributed by atoms with E-state index in [1.807, 2.05) is 11.8 Å². The molecule has 1 aromatic carbocycles. The second-order valence-corrected chi connectivity index (χ2v) is 6.75. The quantitative estimate of drug-likeness (QED) is 0.748. The molecule has 1 aliphatic heterocycles. The second-order valence-electron chi connectivity index (χ2n) is 6.75. The smallest absolute Gasteiger partial charge is 0.257 e. The van der Waals surface area contributed by atoms with Gasteiger partial charge in [0, 0.05) is 37.1 Å². The van der Waals surface area contributed by atoms with Crippen LogP contribution in [-0.4, -0.2) is 44.1 Å². The van der Waals surface area contributed by atoms with Gasteiger partial charge in [-0.15, -0.1) is 0 Å². The molecule has 0 spiro atoms. The Morgan fingerprint density at radius 3 is 2.68 bits per heavy atom. The molecule has 28 heavy (non-hydrogen) atoms. The fraction of sp³-hybridized carbons (Fsp3) is 0.300. The highest BCUT2D eigenvalue weighted by Gasteiger charge is 2.29. The van der Waals surface area contributed by atoms with Gasteiger partial charge in [0.2, 0.25) is 5.88 Å². The minimum Gasteiger partial charge on any atom is -0.434 e. The zero-order chi connectivity index (χ0) is 19.5. The average Bonchev–Trinajstić information content (AvgIpc) is 3.16. The Bertz CT molecular complexity index is 982. The number of carbonyl (C=O) groups excluding carboxylic acids is 1. The molecule has 3 heterocycles. The van der Waals surface area contributed by atoms with Gasteiger partial charge in [-0.05, 0) is 31.9 Å². The van der Waals surface area contributed by atoms with E-state index in [1.165, 1.54) is 12.3 Å². The molecule has 7 nitrogen and oxygen atoms in total. The lowest BCUT2D eigenvalue weighted by Crippen LogP contribution is -2.38. The van der Waals surface area contributed by atoms with Crippen molar-refractivity contribution in [3.8, 4) is 11.6 Å². The standard InChI is InChI=1S/C20H20FN5O2/c1-13-15(12-24-25-13)20(27)26-10-6-14(7-11-26)18-19(23-9-8-22-18)28-17-5-3-2-4-16(17)21/h2-5,8-9,12,14H,6-7,10-11H2,1H3,(H,24,25). The summed E-state index contributed by atoms with van der Waals surface area (Å²) in [5.41, 5.74) is 2.06. The summed E-state index contributed by atoms with van der Waals surface area (Å²) in [6, 6.07) is 6.21. The summed E-state index contributed by atoms with van der Waals surface area (Å²) in [6.07, 6.45) is 6.16. The molecule has 1 amide bonds. The molecule has 2 aromatic heterocycles. The van der Waals surface area contributed by atoms with Crippen LogP contribution in [0.25, 0.3) is 0 Å². The van der Waals surface area contributed by atoms with E-state index in [-0.39, 0.29) is 17.6 Å². The molecule has 1 fully saturated rings. The lowest BCUT2D eigenvalue weighted by atomic mass is 9.93. The van der Waals surface area contributed by atoms with Crippen molar-refractivity contribution in [2.75, 3.05) is 13.1 Å². The number of aryl methyl sites for hydroxylation is 1. The lowest BCUT2D eigenvalue weighted by Gasteiger charge is -2.32. The van der Waals surface area contributed by atoms with Crippen molar-refractivity contribution in [2.24, 2.45) is 0 Å². The van der Waals surface area contributed by atoms with Gasteiger partial charge in [-0.25, -0.2) is 9.37 Å². The Balaban J connectivity index is 1.47. The van der Waals surface area contributed by atoms with Gasteiger partial charge in [0.15, 0.2) is 11.6 Å². The van der Waals surface area contributed by atoms with E-state index in [1.54, 1.807) is 30.6 Å². The summed E-state index contributed by atoms with van der Waals surface area (Å²) in [4.78, 5) is 23.1. The van der Waals surface area contributed by atoms with Crippen molar-refractivity contribution in [3.63, 3.8) is 0 Å². The third kappa shape index (κ3) is 3.58. The van der Waals surface area contributed by atoms with Crippen molar-refractivity contribution in [3.05, 3.63) is 65.6 Å². The zero-order valence-electron chi connectivity index (χ0n) is 15.4. The predicted octanol–water partition coefficient (Wildman–Crippen LogP) is 3.46. The molecular weight excluding hydrogens is 361 g/mol. The summed E-state index contributed by atoms with van der Waals surface area (Å²) in [6.45, 7) is 3.03. The first-order valence-corrected chi connectivity index (χ1v) is 9.16. The average molecular weight is 381 g/mol. The Morgan fingerprint density at radius 1 is 1.21 bits per heavy atom. The van der Waals surface area contributed by atoms with E-state index < -0.39 is 5.82 Å². The third-order valence-electron chi connectivity index (χ3n) is 4.96. The van der Waals surface area contributed by atoms with E-state index in [9.17, 15) is 9.18 Å². The fourth-order valence-corrected chi connectivity index (χ4v) is 3.42. The SMILES string of the molecule is Cc1[nH]ncc1C(=O)N1CCC(c2nccnc2Oc2ccccc2F)CC1. The Hall–Kier alpha value is -3.29. The van der Waals surface area contributed by atoms with E-state index >= 15 is 0 Å². The van der Waals surface area contributed by atoms with Crippen LogP contribution >= 0.6 is 0 Å². The van der Waals surface area contributed by atoms with Crippen LogP contribution in [0.4, 0.5) is 4.39 Å². The topological polar surface area (TPSA) is 84.0 Å². The predicted molar refractivity (Wildman–Crippen MR) is 99.7 cm³/mol. The number of aromatic nitrogens is 4. The molecule has 1 aliphatic rings. The van der Waals surface area contributed by atoms with Gasteiger partial charge in [0.05, 0.1) is 11.8 Å². The van der Waals surface area contributed by atoms with Gasteiger partial charge in [-0.3, -0.25) is 14.9 Å². The highest BCUT2D eigenvalue weighted by molar-refractivity contribution is 5.95. The van der Waals surface area contributed by atoms with Gasteiger partial charge in [0.1, 0.15) is 5.69 Å². The van der Waals surface area contributed by atoms with Crippen LogP contribution in [0.5, 0.6) is 11.6 Å². The summed E-state index contributed by atoms with van der Waals surface area (Å²) in [7, 11) is 0. The summed E-state index contributed by atoms with van der Waals surface area (Å²) in [5.74, 6) is 0.0435. The van der Waals surface area contributed by atoms with E-state index in [4.69, 9.17) is 4.74 Å². The van der Waals surface area contributed by atoms with Gasteiger partial charge >= 0.3 is 0 Å². The molecule has 144 valence electrons. The molecule has 4 rings (SSSR count). The van der Waals surface area contributed by atoms with Crippen molar-refractivity contribution in [2.45, 2.75) is 25.7 Å². The number of nitrogens with one attached hydrogen (secondary N) is 1. The third-order valence-corrected chi connectivity index (χ3v) is 4.96. The summed E-state index contributed by atoms with van der Waals surface area (Å²) in [5, 5.41) is 6.72. The van der Waals surface area contributed by atoms with Gasteiger partial charge in [-0.2, -0.15) is 5.10 Å². The highest BCUT2D eigenvalue weighted by Crippen LogP contribution is 2.34. The zero-order valence-corrected chi connectivity index (χ0v) is 15.4. The van der Waals surface area contributed by atoms with E-state index in [2.05, 4.69) is 20.2 Å². The first-order chi connectivity index (χ1) is 13.6. The van der Waals surface area contributed by atoms with Crippen LogP contribution in [0.3, 0.4) is 0 Å².